The Balaban J connectivity index is 2.52. The van der Waals surface area contributed by atoms with Gasteiger partial charge >= 0.3 is 0 Å². The topological polar surface area (TPSA) is 0 Å². The first-order valence-electron chi connectivity index (χ1n) is 7.01. The van der Waals surface area contributed by atoms with Crippen molar-refractivity contribution in [1.82, 2.24) is 0 Å². The molecule has 0 heterocycles. The molecule has 0 N–H and O–H groups in total. The molecule has 0 saturated heterocycles. The van der Waals surface area contributed by atoms with Crippen LogP contribution >= 0.6 is 0 Å². The van der Waals surface area contributed by atoms with Crippen LogP contribution in [0.3, 0.4) is 0 Å². The van der Waals surface area contributed by atoms with Gasteiger partial charge in [-0.15, -0.1) is 0 Å². The molecule has 3 rings (SSSR count). The summed E-state index contributed by atoms with van der Waals surface area (Å²) in [6, 6.07) is 15.7. The van der Waals surface area contributed by atoms with Gasteiger partial charge in [0.2, 0.25) is 0 Å². The lowest BCUT2D eigenvalue weighted by Crippen LogP contribution is -1.91. The highest BCUT2D eigenvalue weighted by molar-refractivity contribution is 6.10. The van der Waals surface area contributed by atoms with E-state index in [1.807, 2.05) is 0 Å². The summed E-state index contributed by atoms with van der Waals surface area (Å²) in [5, 5.41) is 5.54. The van der Waals surface area contributed by atoms with E-state index in [1.54, 1.807) is 0 Å². The fourth-order valence-corrected chi connectivity index (χ4v) is 2.92. The van der Waals surface area contributed by atoms with E-state index in [0.29, 0.717) is 5.92 Å². The van der Waals surface area contributed by atoms with E-state index >= 15 is 0 Å². The third-order valence-corrected chi connectivity index (χ3v) is 4.30. The van der Waals surface area contributed by atoms with Crippen LogP contribution in [0.1, 0.15) is 36.5 Å². The van der Waals surface area contributed by atoms with Crippen molar-refractivity contribution in [2.75, 3.05) is 0 Å². The second-order valence-electron chi connectivity index (χ2n) is 5.76. The third kappa shape index (κ3) is 1.83. The minimum absolute atomic E-state index is 0.574. The number of hydrogen-bond donors (Lipinski definition) is 0. The fraction of sp³-hybridized carbons (Fsp3) is 0.263. The van der Waals surface area contributed by atoms with Crippen LogP contribution in [0.5, 0.6) is 0 Å². The Hall–Kier alpha value is -1.82. The lowest BCUT2D eigenvalue weighted by molar-refractivity contribution is 0.869. The summed E-state index contributed by atoms with van der Waals surface area (Å²) in [5.41, 5.74) is 4.23. The van der Waals surface area contributed by atoms with Crippen LogP contribution in [0, 0.1) is 13.8 Å². The van der Waals surface area contributed by atoms with E-state index in [0.717, 1.165) is 0 Å². The highest BCUT2D eigenvalue weighted by atomic mass is 14.1. The minimum atomic E-state index is 0.574. The SMILES string of the molecule is Cc1c(C)c2ccc(C(C)C)cc2c2ccccc12. The van der Waals surface area contributed by atoms with Crippen LogP contribution in [0.4, 0.5) is 0 Å². The lowest BCUT2D eigenvalue weighted by Gasteiger charge is -2.14. The molecule has 0 radical (unpaired) electrons. The third-order valence-electron chi connectivity index (χ3n) is 4.30. The van der Waals surface area contributed by atoms with Crippen molar-refractivity contribution in [3.05, 3.63) is 59.2 Å². The molecule has 3 aromatic rings. The Labute approximate surface area is 115 Å². The largest absolute Gasteiger partial charge is 0.0616 e. The number of rotatable bonds is 1. The van der Waals surface area contributed by atoms with Gasteiger partial charge in [-0.2, -0.15) is 0 Å². The first-order chi connectivity index (χ1) is 9.09. The maximum absolute atomic E-state index is 2.37. The van der Waals surface area contributed by atoms with Crippen molar-refractivity contribution in [3.63, 3.8) is 0 Å². The zero-order valence-corrected chi connectivity index (χ0v) is 12.1. The average molecular weight is 248 g/mol. The molecule has 0 heteroatoms. The molecule has 0 aromatic heterocycles. The summed E-state index contributed by atoms with van der Waals surface area (Å²) >= 11 is 0. The molecule has 0 aliphatic carbocycles. The summed E-state index contributed by atoms with van der Waals surface area (Å²) in [6.45, 7) is 8.97. The molecular formula is C19H20. The van der Waals surface area contributed by atoms with Gasteiger partial charge in [-0.25, -0.2) is 0 Å². The van der Waals surface area contributed by atoms with E-state index in [-0.39, 0.29) is 0 Å². The van der Waals surface area contributed by atoms with Gasteiger partial charge in [0.05, 0.1) is 0 Å². The predicted octanol–water partition coefficient (Wildman–Crippen LogP) is 5.73. The van der Waals surface area contributed by atoms with Crippen LogP contribution in [-0.4, -0.2) is 0 Å². The zero-order chi connectivity index (χ0) is 13.6. The molecule has 96 valence electrons. The highest BCUT2D eigenvalue weighted by Gasteiger charge is 2.09. The standard InChI is InChI=1S/C19H20/c1-12(2)15-9-10-17-14(4)13(3)16-7-5-6-8-18(16)19(17)11-15/h5-12H,1-4H3. The lowest BCUT2D eigenvalue weighted by atomic mass is 9.90. The zero-order valence-electron chi connectivity index (χ0n) is 12.1. The van der Waals surface area contributed by atoms with Crippen molar-refractivity contribution in [1.29, 1.82) is 0 Å². The summed E-state index contributed by atoms with van der Waals surface area (Å²) in [4.78, 5) is 0. The van der Waals surface area contributed by atoms with Gasteiger partial charge in [-0.1, -0.05) is 56.3 Å². The number of benzene rings is 3. The molecule has 0 nitrogen and oxygen atoms in total. The van der Waals surface area contributed by atoms with E-state index in [1.165, 1.54) is 38.2 Å². The molecule has 0 atom stereocenters. The number of fused-ring (bicyclic) bond motifs is 3. The summed E-state index contributed by atoms with van der Waals surface area (Å²) in [7, 11) is 0. The van der Waals surface area contributed by atoms with Gasteiger partial charge < -0.3 is 0 Å². The quantitative estimate of drug-likeness (QED) is 0.482. The molecule has 0 fully saturated rings. The van der Waals surface area contributed by atoms with Crippen molar-refractivity contribution >= 4 is 21.5 Å². The second-order valence-corrected chi connectivity index (χ2v) is 5.76. The smallest absolute Gasteiger partial charge is 0.00997 e. The molecule has 19 heavy (non-hydrogen) atoms. The van der Waals surface area contributed by atoms with Gasteiger partial charge in [-0.3, -0.25) is 0 Å². The first-order valence-corrected chi connectivity index (χ1v) is 7.01. The normalized spacial score (nSPS) is 11.6. The summed E-state index contributed by atoms with van der Waals surface area (Å²) < 4.78 is 0. The molecule has 0 amide bonds. The van der Waals surface area contributed by atoms with Crippen LogP contribution in [0.15, 0.2) is 42.5 Å². The van der Waals surface area contributed by atoms with Crippen LogP contribution < -0.4 is 0 Å². The van der Waals surface area contributed by atoms with Crippen LogP contribution in [-0.2, 0) is 0 Å². The van der Waals surface area contributed by atoms with Crippen LogP contribution in [0.25, 0.3) is 21.5 Å². The first kappa shape index (κ1) is 12.2. The molecule has 0 unspecified atom stereocenters. The number of hydrogen-bond acceptors (Lipinski definition) is 0. The molecule has 3 aromatic carbocycles. The molecule has 0 aliphatic rings. The minimum Gasteiger partial charge on any atom is -0.0616 e. The van der Waals surface area contributed by atoms with Crippen molar-refractivity contribution < 1.29 is 0 Å². The Kier molecular flexibility index (Phi) is 2.82. The van der Waals surface area contributed by atoms with E-state index in [4.69, 9.17) is 0 Å². The van der Waals surface area contributed by atoms with Crippen LogP contribution in [0.2, 0.25) is 0 Å². The fourth-order valence-electron chi connectivity index (χ4n) is 2.92. The van der Waals surface area contributed by atoms with Crippen molar-refractivity contribution in [3.8, 4) is 0 Å². The maximum Gasteiger partial charge on any atom is -0.00997 e. The maximum atomic E-state index is 2.37. The Morgan fingerprint density at radius 2 is 1.26 bits per heavy atom. The number of aryl methyl sites for hydroxylation is 2. The Morgan fingerprint density at radius 1 is 0.684 bits per heavy atom. The Morgan fingerprint density at radius 3 is 1.89 bits per heavy atom. The molecule has 0 saturated carbocycles. The van der Waals surface area contributed by atoms with E-state index in [9.17, 15) is 0 Å². The Bertz CT molecular complexity index is 764. The molecule has 0 bridgehead atoms. The van der Waals surface area contributed by atoms with Crippen molar-refractivity contribution in [2.45, 2.75) is 33.6 Å². The molecule has 0 aliphatic heterocycles. The second kappa shape index (κ2) is 4.38. The molecular weight excluding hydrogens is 228 g/mol. The van der Waals surface area contributed by atoms with Gasteiger partial charge in [-0.05, 0) is 58.0 Å². The van der Waals surface area contributed by atoms with E-state index < -0.39 is 0 Å². The summed E-state index contributed by atoms with van der Waals surface area (Å²) in [6.07, 6.45) is 0. The summed E-state index contributed by atoms with van der Waals surface area (Å²) in [5.74, 6) is 0.574. The van der Waals surface area contributed by atoms with Crippen molar-refractivity contribution in [2.24, 2.45) is 0 Å². The van der Waals surface area contributed by atoms with E-state index in [2.05, 4.69) is 70.2 Å². The highest BCUT2D eigenvalue weighted by Crippen LogP contribution is 2.33. The predicted molar refractivity (Wildman–Crippen MR) is 85.0 cm³/mol. The monoisotopic (exact) mass is 248 g/mol. The van der Waals surface area contributed by atoms with Gasteiger partial charge in [0.15, 0.2) is 0 Å². The van der Waals surface area contributed by atoms with Gasteiger partial charge in [0, 0.05) is 0 Å². The van der Waals surface area contributed by atoms with Gasteiger partial charge in [0.1, 0.15) is 0 Å². The van der Waals surface area contributed by atoms with Gasteiger partial charge in [0.25, 0.3) is 0 Å². The average Bonchev–Trinajstić information content (AvgIpc) is 2.44. The molecule has 0 spiro atoms.